The minimum Gasteiger partial charge on any atom is -0.348 e. The zero-order chi connectivity index (χ0) is 16.1. The molecule has 122 valence electrons. The second kappa shape index (κ2) is 7.70. The van der Waals surface area contributed by atoms with Crippen LogP contribution in [0.5, 0.6) is 0 Å². The zero-order valence-electron chi connectivity index (χ0n) is 13.2. The molecule has 23 heavy (non-hydrogen) atoms. The van der Waals surface area contributed by atoms with Crippen LogP contribution in [-0.2, 0) is 6.42 Å². The predicted octanol–water partition coefficient (Wildman–Crippen LogP) is 2.98. The van der Waals surface area contributed by atoms with Crippen molar-refractivity contribution in [3.05, 3.63) is 52.0 Å². The van der Waals surface area contributed by atoms with Crippen LogP contribution < -0.4 is 11.1 Å². The van der Waals surface area contributed by atoms with Gasteiger partial charge in [0.05, 0.1) is 5.01 Å². The normalized spacial score (nSPS) is 21.1. The molecule has 1 aliphatic carbocycles. The number of benzene rings is 1. The van der Waals surface area contributed by atoms with E-state index in [4.69, 9.17) is 5.73 Å². The molecule has 4 nitrogen and oxygen atoms in total. The summed E-state index contributed by atoms with van der Waals surface area (Å²) >= 11 is 1.54. The van der Waals surface area contributed by atoms with Crippen molar-refractivity contribution in [3.8, 4) is 0 Å². The van der Waals surface area contributed by atoms with Crippen molar-refractivity contribution in [2.75, 3.05) is 6.54 Å². The van der Waals surface area contributed by atoms with Gasteiger partial charge in [0, 0.05) is 17.8 Å². The number of nitrogens with two attached hydrogens (primary N) is 1. The largest absolute Gasteiger partial charge is 0.348 e. The number of nitrogens with one attached hydrogen (secondary N) is 1. The maximum absolute atomic E-state index is 12.4. The van der Waals surface area contributed by atoms with E-state index in [0.29, 0.717) is 18.2 Å². The first-order chi connectivity index (χ1) is 11.3. The third-order valence-corrected chi connectivity index (χ3v) is 5.36. The molecule has 2 atom stereocenters. The SMILES string of the molecule is NCC1CCCCC1NC(=O)c1csc(Cc2ccccc2)n1. The van der Waals surface area contributed by atoms with E-state index in [1.54, 1.807) is 11.3 Å². The lowest BCUT2D eigenvalue weighted by molar-refractivity contribution is 0.0903. The van der Waals surface area contributed by atoms with Crippen LogP contribution in [0, 0.1) is 5.92 Å². The molecule has 2 aromatic rings. The van der Waals surface area contributed by atoms with Crippen molar-refractivity contribution in [3.63, 3.8) is 0 Å². The van der Waals surface area contributed by atoms with Gasteiger partial charge in [0.25, 0.3) is 5.91 Å². The van der Waals surface area contributed by atoms with Crippen molar-refractivity contribution >= 4 is 17.2 Å². The highest BCUT2D eigenvalue weighted by Gasteiger charge is 2.26. The van der Waals surface area contributed by atoms with E-state index in [0.717, 1.165) is 30.7 Å². The quantitative estimate of drug-likeness (QED) is 0.886. The summed E-state index contributed by atoms with van der Waals surface area (Å²) in [7, 11) is 0. The lowest BCUT2D eigenvalue weighted by Gasteiger charge is -2.31. The highest BCUT2D eigenvalue weighted by molar-refractivity contribution is 7.09. The topological polar surface area (TPSA) is 68.0 Å². The fourth-order valence-corrected chi connectivity index (χ4v) is 4.00. The van der Waals surface area contributed by atoms with E-state index in [2.05, 4.69) is 22.4 Å². The second-order valence-electron chi connectivity index (χ2n) is 6.15. The number of hydrogen-bond donors (Lipinski definition) is 2. The Kier molecular flexibility index (Phi) is 5.41. The zero-order valence-corrected chi connectivity index (χ0v) is 14.0. The molecule has 0 bridgehead atoms. The molecule has 2 unspecified atom stereocenters. The van der Waals surface area contributed by atoms with Gasteiger partial charge in [-0.2, -0.15) is 0 Å². The second-order valence-corrected chi connectivity index (χ2v) is 7.09. The first-order valence-electron chi connectivity index (χ1n) is 8.25. The van der Waals surface area contributed by atoms with Crippen molar-refractivity contribution in [2.24, 2.45) is 11.7 Å². The Morgan fingerprint density at radius 1 is 1.26 bits per heavy atom. The molecule has 0 radical (unpaired) electrons. The van der Waals surface area contributed by atoms with Crippen molar-refractivity contribution in [1.82, 2.24) is 10.3 Å². The van der Waals surface area contributed by atoms with Crippen LogP contribution in [0.2, 0.25) is 0 Å². The van der Waals surface area contributed by atoms with E-state index in [1.165, 1.54) is 12.0 Å². The number of hydrogen-bond acceptors (Lipinski definition) is 4. The molecule has 0 saturated heterocycles. The summed E-state index contributed by atoms with van der Waals surface area (Å²) in [6.45, 7) is 0.640. The lowest BCUT2D eigenvalue weighted by Crippen LogP contribution is -2.44. The molecule has 1 fully saturated rings. The van der Waals surface area contributed by atoms with E-state index < -0.39 is 0 Å². The van der Waals surface area contributed by atoms with Crippen molar-refractivity contribution in [2.45, 2.75) is 38.1 Å². The van der Waals surface area contributed by atoms with Crippen molar-refractivity contribution in [1.29, 1.82) is 0 Å². The molecule has 0 aliphatic heterocycles. The predicted molar refractivity (Wildman–Crippen MR) is 93.6 cm³/mol. The molecule has 1 aromatic heterocycles. The molecule has 5 heteroatoms. The highest BCUT2D eigenvalue weighted by Crippen LogP contribution is 2.24. The number of carbonyl (C=O) groups excluding carboxylic acids is 1. The monoisotopic (exact) mass is 329 g/mol. The number of carbonyl (C=O) groups is 1. The third kappa shape index (κ3) is 4.18. The average Bonchev–Trinajstić information content (AvgIpc) is 3.05. The first kappa shape index (κ1) is 16.1. The lowest BCUT2D eigenvalue weighted by atomic mass is 9.84. The molecule has 3 N–H and O–H groups in total. The summed E-state index contributed by atoms with van der Waals surface area (Å²) in [4.78, 5) is 16.9. The Balaban J connectivity index is 1.62. The molecule has 1 saturated carbocycles. The molecule has 1 heterocycles. The van der Waals surface area contributed by atoms with Crippen LogP contribution in [0.1, 0.15) is 46.7 Å². The van der Waals surface area contributed by atoms with Gasteiger partial charge in [0.15, 0.2) is 0 Å². The average molecular weight is 329 g/mol. The minimum atomic E-state index is -0.0640. The summed E-state index contributed by atoms with van der Waals surface area (Å²) in [6.07, 6.45) is 5.28. The first-order valence-corrected chi connectivity index (χ1v) is 9.13. The summed E-state index contributed by atoms with van der Waals surface area (Å²) in [5.74, 6) is 0.334. The standard InChI is InChI=1S/C18H23N3OS/c19-11-14-8-4-5-9-15(14)21-18(22)16-12-23-17(20-16)10-13-6-2-1-3-7-13/h1-3,6-7,12,14-15H,4-5,8-11,19H2,(H,21,22). The number of thiazole rings is 1. The Hall–Kier alpha value is -1.72. The Labute approximate surface area is 141 Å². The molecular formula is C18H23N3OS. The number of rotatable bonds is 5. The van der Waals surface area contributed by atoms with Crippen molar-refractivity contribution < 1.29 is 4.79 Å². The van der Waals surface area contributed by atoms with Crippen LogP contribution in [0.25, 0.3) is 0 Å². The van der Waals surface area contributed by atoms with Gasteiger partial charge in [-0.25, -0.2) is 4.98 Å². The van der Waals surface area contributed by atoms with Crippen LogP contribution in [0.3, 0.4) is 0 Å². The van der Waals surface area contributed by atoms with Crippen LogP contribution in [0.15, 0.2) is 35.7 Å². The fourth-order valence-electron chi connectivity index (χ4n) is 3.19. The van der Waals surface area contributed by atoms with E-state index in [1.807, 2.05) is 23.6 Å². The molecule has 1 aliphatic rings. The van der Waals surface area contributed by atoms with E-state index in [-0.39, 0.29) is 11.9 Å². The molecular weight excluding hydrogens is 306 g/mol. The maximum Gasteiger partial charge on any atom is 0.270 e. The smallest absolute Gasteiger partial charge is 0.270 e. The molecule has 1 amide bonds. The van der Waals surface area contributed by atoms with Gasteiger partial charge in [-0.05, 0) is 30.9 Å². The van der Waals surface area contributed by atoms with Gasteiger partial charge in [-0.1, -0.05) is 43.2 Å². The Bertz CT molecular complexity index is 641. The molecule has 3 rings (SSSR count). The van der Waals surface area contributed by atoms with E-state index in [9.17, 15) is 4.79 Å². The third-order valence-electron chi connectivity index (χ3n) is 4.51. The number of aromatic nitrogens is 1. The number of nitrogens with zero attached hydrogens (tertiary/aromatic N) is 1. The van der Waals surface area contributed by atoms with Gasteiger partial charge in [0.1, 0.15) is 5.69 Å². The number of amides is 1. The summed E-state index contributed by atoms with van der Waals surface area (Å²) in [6, 6.07) is 10.4. The van der Waals surface area contributed by atoms with Crippen LogP contribution in [0.4, 0.5) is 0 Å². The minimum absolute atomic E-state index is 0.0640. The summed E-state index contributed by atoms with van der Waals surface area (Å²) in [5.41, 5.74) is 7.58. The van der Waals surface area contributed by atoms with Crippen LogP contribution >= 0.6 is 11.3 Å². The maximum atomic E-state index is 12.4. The van der Waals surface area contributed by atoms with Gasteiger partial charge in [-0.15, -0.1) is 11.3 Å². The highest BCUT2D eigenvalue weighted by atomic mass is 32.1. The van der Waals surface area contributed by atoms with Gasteiger partial charge >= 0.3 is 0 Å². The Morgan fingerprint density at radius 3 is 2.83 bits per heavy atom. The van der Waals surface area contributed by atoms with Gasteiger partial charge in [0.2, 0.25) is 0 Å². The fraction of sp³-hybridized carbons (Fsp3) is 0.444. The van der Waals surface area contributed by atoms with Crippen LogP contribution in [-0.4, -0.2) is 23.5 Å². The summed E-state index contributed by atoms with van der Waals surface area (Å²) < 4.78 is 0. The molecule has 0 spiro atoms. The Morgan fingerprint density at radius 2 is 2.04 bits per heavy atom. The molecule has 1 aromatic carbocycles. The van der Waals surface area contributed by atoms with E-state index >= 15 is 0 Å². The summed E-state index contributed by atoms with van der Waals surface area (Å²) in [5, 5.41) is 5.97. The van der Waals surface area contributed by atoms with Gasteiger partial charge in [-0.3, -0.25) is 4.79 Å². The van der Waals surface area contributed by atoms with Gasteiger partial charge < -0.3 is 11.1 Å².